The molecule has 0 bridgehead atoms. The fraction of sp³-hybridized carbons (Fsp3) is 0.286. The molecule has 0 unspecified atom stereocenters. The lowest BCUT2D eigenvalue weighted by Gasteiger charge is -2.03. The van der Waals surface area contributed by atoms with E-state index in [2.05, 4.69) is 10.1 Å². The van der Waals surface area contributed by atoms with Gasteiger partial charge in [0.2, 0.25) is 5.82 Å². The third-order valence-corrected chi connectivity index (χ3v) is 1.77. The molecule has 0 atom stereocenters. The molecule has 0 aliphatic heterocycles. The van der Waals surface area contributed by atoms with Gasteiger partial charge in [0, 0.05) is 13.2 Å². The van der Waals surface area contributed by atoms with E-state index in [-0.39, 0.29) is 11.0 Å². The summed E-state index contributed by atoms with van der Waals surface area (Å²) in [4.78, 5) is 16.1. The Bertz CT molecular complexity index is 568. The van der Waals surface area contributed by atoms with Gasteiger partial charge in [-0.2, -0.15) is 18.3 Å². The second kappa shape index (κ2) is 2.81. The Labute approximate surface area is 80.5 Å². The SMILES string of the molecule is Cn1cc2c(=O)[nH]c(C(F)(F)F)nc2n1. The molecule has 0 saturated heterocycles. The highest BCUT2D eigenvalue weighted by Gasteiger charge is 2.34. The average molecular weight is 218 g/mol. The number of fused-ring (bicyclic) bond motifs is 1. The minimum atomic E-state index is -4.68. The fourth-order valence-electron chi connectivity index (χ4n) is 1.16. The van der Waals surface area contributed by atoms with Crippen molar-refractivity contribution in [3.05, 3.63) is 22.4 Å². The first-order chi connectivity index (χ1) is 6.88. The number of aromatic amines is 1. The number of aromatic nitrogens is 4. The van der Waals surface area contributed by atoms with E-state index in [1.807, 2.05) is 0 Å². The van der Waals surface area contributed by atoms with Gasteiger partial charge in [-0.25, -0.2) is 4.98 Å². The molecule has 1 N–H and O–H groups in total. The van der Waals surface area contributed by atoms with Crippen LogP contribution < -0.4 is 5.56 Å². The van der Waals surface area contributed by atoms with Crippen molar-refractivity contribution in [2.24, 2.45) is 7.05 Å². The number of aryl methyl sites for hydroxylation is 1. The van der Waals surface area contributed by atoms with Gasteiger partial charge in [0.1, 0.15) is 5.39 Å². The van der Waals surface area contributed by atoms with Gasteiger partial charge in [-0.15, -0.1) is 0 Å². The van der Waals surface area contributed by atoms with E-state index < -0.39 is 17.6 Å². The van der Waals surface area contributed by atoms with Gasteiger partial charge in [0.05, 0.1) is 0 Å². The molecule has 15 heavy (non-hydrogen) atoms. The summed E-state index contributed by atoms with van der Waals surface area (Å²) in [6.07, 6.45) is -3.37. The van der Waals surface area contributed by atoms with Crippen molar-refractivity contribution in [1.29, 1.82) is 0 Å². The van der Waals surface area contributed by atoms with Crippen LogP contribution in [0.2, 0.25) is 0 Å². The lowest BCUT2D eigenvalue weighted by Crippen LogP contribution is -2.18. The minimum Gasteiger partial charge on any atom is -0.302 e. The first kappa shape index (κ1) is 9.69. The smallest absolute Gasteiger partial charge is 0.302 e. The normalized spacial score (nSPS) is 12.3. The molecule has 2 rings (SSSR count). The minimum absolute atomic E-state index is 0.0329. The second-order valence-electron chi connectivity index (χ2n) is 2.95. The highest BCUT2D eigenvalue weighted by atomic mass is 19.4. The van der Waals surface area contributed by atoms with Crippen molar-refractivity contribution in [1.82, 2.24) is 19.7 Å². The Hall–Kier alpha value is -1.86. The topological polar surface area (TPSA) is 63.6 Å². The molecule has 2 aromatic rings. The Morgan fingerprint density at radius 2 is 2.13 bits per heavy atom. The quantitative estimate of drug-likeness (QED) is 0.707. The molecule has 8 heteroatoms. The van der Waals surface area contributed by atoms with Crippen LogP contribution in [0, 0.1) is 0 Å². The summed E-state index contributed by atoms with van der Waals surface area (Å²) in [5, 5.41) is 3.67. The molecule has 0 fully saturated rings. The molecule has 0 spiro atoms. The molecule has 0 aromatic carbocycles. The van der Waals surface area contributed by atoms with E-state index in [0.29, 0.717) is 0 Å². The molecule has 2 aromatic heterocycles. The standard InChI is InChI=1S/C7H5F3N4O/c1-14-2-3-4(13-14)11-6(7(8,9)10)12-5(3)15/h2H,1H3,(H,11,12,13,15). The summed E-state index contributed by atoms with van der Waals surface area (Å²) in [6.45, 7) is 0. The summed E-state index contributed by atoms with van der Waals surface area (Å²) >= 11 is 0. The lowest BCUT2D eigenvalue weighted by molar-refractivity contribution is -0.144. The number of nitrogens with one attached hydrogen (secondary N) is 1. The predicted octanol–water partition coefficient (Wildman–Crippen LogP) is 0.675. The van der Waals surface area contributed by atoms with Gasteiger partial charge in [0.25, 0.3) is 5.56 Å². The van der Waals surface area contributed by atoms with E-state index in [4.69, 9.17) is 0 Å². The van der Waals surface area contributed by atoms with Gasteiger partial charge in [-0.05, 0) is 0 Å². The fourth-order valence-corrected chi connectivity index (χ4v) is 1.16. The van der Waals surface area contributed by atoms with Crippen LogP contribution in [0.15, 0.2) is 11.0 Å². The zero-order valence-electron chi connectivity index (χ0n) is 7.46. The Morgan fingerprint density at radius 3 is 2.73 bits per heavy atom. The largest absolute Gasteiger partial charge is 0.449 e. The molecule has 5 nitrogen and oxygen atoms in total. The molecule has 2 heterocycles. The third kappa shape index (κ3) is 1.58. The van der Waals surface area contributed by atoms with E-state index >= 15 is 0 Å². The number of alkyl halides is 3. The van der Waals surface area contributed by atoms with Gasteiger partial charge in [-0.1, -0.05) is 0 Å². The maximum atomic E-state index is 12.2. The first-order valence-corrected chi connectivity index (χ1v) is 3.89. The summed E-state index contributed by atoms with van der Waals surface area (Å²) in [5.74, 6) is -1.33. The summed E-state index contributed by atoms with van der Waals surface area (Å²) in [5.41, 5.74) is -1.06. The second-order valence-corrected chi connectivity index (χ2v) is 2.95. The summed E-state index contributed by atoms with van der Waals surface area (Å²) in [7, 11) is 1.49. The highest BCUT2D eigenvalue weighted by Crippen LogP contribution is 2.25. The maximum absolute atomic E-state index is 12.2. The Balaban J connectivity index is 2.78. The number of hydrogen-bond acceptors (Lipinski definition) is 3. The van der Waals surface area contributed by atoms with Crippen molar-refractivity contribution >= 4 is 11.0 Å². The van der Waals surface area contributed by atoms with E-state index in [9.17, 15) is 18.0 Å². The summed E-state index contributed by atoms with van der Waals surface area (Å²) in [6, 6.07) is 0. The van der Waals surface area contributed by atoms with Crippen LogP contribution in [0.5, 0.6) is 0 Å². The summed E-state index contributed by atoms with van der Waals surface area (Å²) < 4.78 is 37.9. The van der Waals surface area contributed by atoms with Crippen LogP contribution in [0.1, 0.15) is 5.82 Å². The predicted molar refractivity (Wildman–Crippen MR) is 44.1 cm³/mol. The van der Waals surface area contributed by atoms with Crippen LogP contribution in [0.3, 0.4) is 0 Å². The van der Waals surface area contributed by atoms with E-state index in [1.54, 1.807) is 4.98 Å². The maximum Gasteiger partial charge on any atom is 0.449 e. The molecule has 0 amide bonds. The van der Waals surface area contributed by atoms with Gasteiger partial charge in [-0.3, -0.25) is 9.48 Å². The number of rotatable bonds is 0. The van der Waals surface area contributed by atoms with Crippen LogP contribution in [-0.2, 0) is 13.2 Å². The molecule has 80 valence electrons. The van der Waals surface area contributed by atoms with Gasteiger partial charge >= 0.3 is 6.18 Å². The van der Waals surface area contributed by atoms with Gasteiger partial charge in [0.15, 0.2) is 5.65 Å². The Kier molecular flexibility index (Phi) is 1.82. The Morgan fingerprint density at radius 1 is 1.47 bits per heavy atom. The van der Waals surface area contributed by atoms with E-state index in [1.165, 1.54) is 17.9 Å². The number of hydrogen-bond donors (Lipinski definition) is 1. The number of H-pyrrole nitrogens is 1. The zero-order valence-corrected chi connectivity index (χ0v) is 7.46. The van der Waals surface area contributed by atoms with Crippen LogP contribution in [-0.4, -0.2) is 19.7 Å². The zero-order chi connectivity index (χ0) is 11.2. The molecule has 0 aliphatic carbocycles. The molecule has 0 saturated carbocycles. The van der Waals surface area contributed by atoms with Crippen molar-refractivity contribution in [2.45, 2.75) is 6.18 Å². The van der Waals surface area contributed by atoms with Crippen LogP contribution in [0.25, 0.3) is 11.0 Å². The number of halogens is 3. The van der Waals surface area contributed by atoms with Crippen molar-refractivity contribution in [3.8, 4) is 0 Å². The first-order valence-electron chi connectivity index (χ1n) is 3.89. The van der Waals surface area contributed by atoms with Crippen LogP contribution in [0.4, 0.5) is 13.2 Å². The molecule has 0 radical (unpaired) electrons. The van der Waals surface area contributed by atoms with E-state index in [0.717, 1.165) is 0 Å². The highest BCUT2D eigenvalue weighted by molar-refractivity contribution is 5.72. The molecular weight excluding hydrogens is 213 g/mol. The third-order valence-electron chi connectivity index (χ3n) is 1.77. The monoisotopic (exact) mass is 218 g/mol. The lowest BCUT2D eigenvalue weighted by atomic mass is 10.4. The number of nitrogens with zero attached hydrogens (tertiary/aromatic N) is 3. The molecular formula is C7H5F3N4O. The van der Waals surface area contributed by atoms with Gasteiger partial charge < -0.3 is 4.98 Å². The van der Waals surface area contributed by atoms with Crippen molar-refractivity contribution < 1.29 is 13.2 Å². The van der Waals surface area contributed by atoms with Crippen LogP contribution >= 0.6 is 0 Å². The molecule has 0 aliphatic rings. The van der Waals surface area contributed by atoms with Crippen molar-refractivity contribution in [3.63, 3.8) is 0 Å². The van der Waals surface area contributed by atoms with Crippen molar-refractivity contribution in [2.75, 3.05) is 0 Å². The average Bonchev–Trinajstić information content (AvgIpc) is 2.44.